The third kappa shape index (κ3) is 4.33. The summed E-state index contributed by atoms with van der Waals surface area (Å²) in [6, 6.07) is 8.76. The van der Waals surface area contributed by atoms with Crippen molar-refractivity contribution >= 4 is 11.8 Å². The van der Waals surface area contributed by atoms with Crippen molar-refractivity contribution in [3.63, 3.8) is 0 Å². The molecule has 2 rings (SSSR count). The van der Waals surface area contributed by atoms with E-state index in [0.717, 1.165) is 12.3 Å². The summed E-state index contributed by atoms with van der Waals surface area (Å²) >= 11 is 1.94. The van der Waals surface area contributed by atoms with E-state index in [9.17, 15) is 0 Å². The maximum atomic E-state index is 3.30. The highest BCUT2D eigenvalue weighted by Gasteiger charge is 2.17. The van der Waals surface area contributed by atoms with Gasteiger partial charge in [-0.15, -0.1) is 17.7 Å². The van der Waals surface area contributed by atoms with Crippen LogP contribution in [-0.4, -0.2) is 5.75 Å². The summed E-state index contributed by atoms with van der Waals surface area (Å²) in [5, 5.41) is 0. The molecule has 1 aromatic carbocycles. The van der Waals surface area contributed by atoms with E-state index in [-0.39, 0.29) is 0 Å². The molecule has 0 atom stereocenters. The van der Waals surface area contributed by atoms with Crippen LogP contribution in [0.1, 0.15) is 31.2 Å². The maximum absolute atomic E-state index is 3.30. The first-order valence-corrected chi connectivity index (χ1v) is 7.01. The summed E-state index contributed by atoms with van der Waals surface area (Å²) in [7, 11) is 0. The molecule has 1 fully saturated rings. The van der Waals surface area contributed by atoms with Gasteiger partial charge in [-0.25, -0.2) is 0 Å². The van der Waals surface area contributed by atoms with Crippen LogP contribution in [0.3, 0.4) is 0 Å². The van der Waals surface area contributed by atoms with Crippen molar-refractivity contribution in [3.05, 3.63) is 29.8 Å². The second-order valence-electron chi connectivity index (χ2n) is 4.36. The van der Waals surface area contributed by atoms with Gasteiger partial charge in [-0.2, -0.15) is 0 Å². The molecule has 1 aromatic rings. The van der Waals surface area contributed by atoms with E-state index in [4.69, 9.17) is 0 Å². The Balaban J connectivity index is 1.60. The van der Waals surface area contributed by atoms with Crippen LogP contribution < -0.4 is 0 Å². The van der Waals surface area contributed by atoms with Crippen LogP contribution in [-0.2, 0) is 0 Å². The van der Waals surface area contributed by atoms with Crippen molar-refractivity contribution < 1.29 is 0 Å². The molecule has 1 aliphatic carbocycles. The van der Waals surface area contributed by atoms with Crippen LogP contribution in [0, 0.1) is 24.7 Å². The Morgan fingerprint density at radius 1 is 1.25 bits per heavy atom. The van der Waals surface area contributed by atoms with Crippen molar-refractivity contribution in [3.8, 4) is 11.8 Å². The minimum absolute atomic E-state index is 0.754. The highest BCUT2D eigenvalue weighted by atomic mass is 32.2. The molecule has 1 heteroatoms. The fraction of sp³-hybridized carbons (Fsp3) is 0.467. The number of rotatable bonds is 4. The third-order valence-electron chi connectivity index (χ3n) is 2.62. The largest absolute Gasteiger partial charge is 0.126 e. The third-order valence-corrected chi connectivity index (χ3v) is 3.72. The molecular formula is C15H18S. The molecule has 0 nitrogen and oxygen atoms in total. The average molecular weight is 230 g/mol. The minimum atomic E-state index is 0.754. The SMILES string of the molecule is Cc1ccc(SCCCC#CC2CC2)cc1. The fourth-order valence-electron chi connectivity index (χ4n) is 1.43. The smallest absolute Gasteiger partial charge is 0.0203 e. The van der Waals surface area contributed by atoms with Gasteiger partial charge in [0.15, 0.2) is 0 Å². The van der Waals surface area contributed by atoms with Gasteiger partial charge in [0.1, 0.15) is 0 Å². The summed E-state index contributed by atoms with van der Waals surface area (Å²) in [6.07, 6.45) is 4.95. The quantitative estimate of drug-likeness (QED) is 0.422. The number of hydrogen-bond acceptors (Lipinski definition) is 1. The van der Waals surface area contributed by atoms with Crippen molar-refractivity contribution in [2.24, 2.45) is 5.92 Å². The average Bonchev–Trinajstić information content (AvgIpc) is 3.10. The summed E-state index contributed by atoms with van der Waals surface area (Å²) < 4.78 is 0. The summed E-state index contributed by atoms with van der Waals surface area (Å²) in [5.74, 6) is 8.52. The summed E-state index contributed by atoms with van der Waals surface area (Å²) in [5.41, 5.74) is 1.33. The van der Waals surface area contributed by atoms with Crippen LogP contribution in [0.2, 0.25) is 0 Å². The van der Waals surface area contributed by atoms with E-state index in [1.807, 2.05) is 11.8 Å². The molecule has 0 N–H and O–H groups in total. The van der Waals surface area contributed by atoms with Crippen molar-refractivity contribution in [2.75, 3.05) is 5.75 Å². The van der Waals surface area contributed by atoms with E-state index in [2.05, 4.69) is 43.0 Å². The lowest BCUT2D eigenvalue weighted by Gasteiger charge is -2.00. The zero-order valence-corrected chi connectivity index (χ0v) is 10.6. The molecule has 0 radical (unpaired) electrons. The summed E-state index contributed by atoms with van der Waals surface area (Å²) in [6.45, 7) is 2.13. The highest BCUT2D eigenvalue weighted by molar-refractivity contribution is 7.99. The van der Waals surface area contributed by atoms with Gasteiger partial charge >= 0.3 is 0 Å². The van der Waals surface area contributed by atoms with Gasteiger partial charge in [0.2, 0.25) is 0 Å². The molecule has 0 saturated heterocycles. The number of unbranched alkanes of at least 4 members (excludes halogenated alkanes) is 1. The van der Waals surface area contributed by atoms with Gasteiger partial charge in [-0.1, -0.05) is 23.6 Å². The molecule has 0 bridgehead atoms. The predicted molar refractivity (Wildman–Crippen MR) is 71.6 cm³/mol. The molecule has 1 aliphatic rings. The Kier molecular flexibility index (Phi) is 4.36. The number of aryl methyl sites for hydroxylation is 1. The van der Waals surface area contributed by atoms with Crippen LogP contribution in [0.5, 0.6) is 0 Å². The lowest BCUT2D eigenvalue weighted by molar-refractivity contribution is 0.991. The van der Waals surface area contributed by atoms with E-state index in [0.29, 0.717) is 0 Å². The molecule has 0 aliphatic heterocycles. The van der Waals surface area contributed by atoms with Crippen LogP contribution in [0.25, 0.3) is 0 Å². The number of thioether (sulfide) groups is 1. The normalized spacial score (nSPS) is 14.3. The van der Waals surface area contributed by atoms with E-state index < -0.39 is 0 Å². The lowest BCUT2D eigenvalue weighted by Crippen LogP contribution is -1.80. The minimum Gasteiger partial charge on any atom is -0.126 e. The van der Waals surface area contributed by atoms with Crippen molar-refractivity contribution in [1.29, 1.82) is 0 Å². The Hall–Kier alpha value is -0.870. The standard InChI is InChI=1S/C15H18S/c1-13-6-10-15(11-7-13)16-12-4-2-3-5-14-8-9-14/h6-7,10-11,14H,2,4,8-9,12H2,1H3. The summed E-state index contributed by atoms with van der Waals surface area (Å²) in [4.78, 5) is 1.38. The Labute approximate surface area is 103 Å². The molecule has 1 saturated carbocycles. The van der Waals surface area contributed by atoms with E-state index in [1.54, 1.807) is 0 Å². The van der Waals surface area contributed by atoms with Crippen LogP contribution in [0.15, 0.2) is 29.2 Å². The van der Waals surface area contributed by atoms with Gasteiger partial charge in [0.05, 0.1) is 0 Å². The first kappa shape index (κ1) is 11.6. The lowest BCUT2D eigenvalue weighted by atomic mass is 10.2. The second-order valence-corrected chi connectivity index (χ2v) is 5.53. The Bertz CT molecular complexity index is 376. The first-order chi connectivity index (χ1) is 7.84. The van der Waals surface area contributed by atoms with Gasteiger partial charge < -0.3 is 0 Å². The molecule has 0 aromatic heterocycles. The molecule has 0 amide bonds. The van der Waals surface area contributed by atoms with Crippen molar-refractivity contribution in [2.45, 2.75) is 37.5 Å². The van der Waals surface area contributed by atoms with Gasteiger partial charge in [0, 0.05) is 17.2 Å². The Morgan fingerprint density at radius 3 is 2.69 bits per heavy atom. The maximum Gasteiger partial charge on any atom is 0.0203 e. The number of hydrogen-bond donors (Lipinski definition) is 0. The zero-order chi connectivity index (χ0) is 11.2. The van der Waals surface area contributed by atoms with Gasteiger partial charge in [-0.05, 0) is 44.1 Å². The van der Waals surface area contributed by atoms with Crippen LogP contribution >= 0.6 is 11.8 Å². The molecular weight excluding hydrogens is 212 g/mol. The Morgan fingerprint density at radius 2 is 2.00 bits per heavy atom. The van der Waals surface area contributed by atoms with Crippen molar-refractivity contribution in [1.82, 2.24) is 0 Å². The monoisotopic (exact) mass is 230 g/mol. The van der Waals surface area contributed by atoms with Gasteiger partial charge in [-0.3, -0.25) is 0 Å². The highest BCUT2D eigenvalue weighted by Crippen LogP contribution is 2.27. The fourth-order valence-corrected chi connectivity index (χ4v) is 2.28. The molecule has 84 valence electrons. The van der Waals surface area contributed by atoms with Crippen LogP contribution in [0.4, 0.5) is 0 Å². The predicted octanol–water partition coefficient (Wildman–Crippen LogP) is 4.28. The second kappa shape index (κ2) is 6.01. The zero-order valence-electron chi connectivity index (χ0n) is 9.83. The molecule has 16 heavy (non-hydrogen) atoms. The first-order valence-electron chi connectivity index (χ1n) is 6.02. The van der Waals surface area contributed by atoms with E-state index >= 15 is 0 Å². The number of benzene rings is 1. The van der Waals surface area contributed by atoms with E-state index in [1.165, 1.54) is 35.5 Å². The molecule has 0 unspecified atom stereocenters. The topological polar surface area (TPSA) is 0 Å². The van der Waals surface area contributed by atoms with Gasteiger partial charge in [0.25, 0.3) is 0 Å². The molecule has 0 spiro atoms. The molecule has 0 heterocycles.